The number of rotatable bonds is 2. The summed E-state index contributed by atoms with van der Waals surface area (Å²) >= 11 is 0. The quantitative estimate of drug-likeness (QED) is 0.581. The molecule has 2 aromatic carbocycles. The van der Waals surface area contributed by atoms with E-state index in [9.17, 15) is 14.7 Å². The van der Waals surface area contributed by atoms with Crippen LogP contribution in [-0.2, 0) is 4.79 Å². The number of aromatic hydroxyl groups is 1. The molecular weight excluding hydrogens is 284 g/mol. The van der Waals surface area contributed by atoms with Crippen molar-refractivity contribution >= 4 is 16.9 Å². The molecule has 1 N–H and O–H groups in total. The number of hydrogen-bond acceptors (Lipinski definition) is 5. The molecule has 0 radical (unpaired) electrons. The van der Waals surface area contributed by atoms with Gasteiger partial charge in [0, 0.05) is 18.6 Å². The van der Waals surface area contributed by atoms with Crippen molar-refractivity contribution in [3.05, 3.63) is 58.8 Å². The SMILES string of the molecule is CC(=O)Oc1c(O)ccc2oc(-c3ccccc3)cc(=O)c12. The Bertz CT molecular complexity index is 909. The summed E-state index contributed by atoms with van der Waals surface area (Å²) in [6.45, 7) is 1.19. The van der Waals surface area contributed by atoms with Crippen molar-refractivity contribution in [2.75, 3.05) is 0 Å². The highest BCUT2D eigenvalue weighted by molar-refractivity contribution is 5.89. The molecule has 0 unspecified atom stereocenters. The summed E-state index contributed by atoms with van der Waals surface area (Å²) in [5.41, 5.74) is 0.594. The zero-order chi connectivity index (χ0) is 15.7. The molecule has 110 valence electrons. The minimum atomic E-state index is -0.630. The Labute approximate surface area is 125 Å². The lowest BCUT2D eigenvalue weighted by molar-refractivity contribution is -0.131. The summed E-state index contributed by atoms with van der Waals surface area (Å²) in [4.78, 5) is 23.5. The van der Waals surface area contributed by atoms with Gasteiger partial charge in [0.15, 0.2) is 16.9 Å². The summed E-state index contributed by atoms with van der Waals surface area (Å²) < 4.78 is 10.6. The average molecular weight is 296 g/mol. The maximum Gasteiger partial charge on any atom is 0.308 e. The molecule has 0 fully saturated rings. The second kappa shape index (κ2) is 5.37. The summed E-state index contributed by atoms with van der Waals surface area (Å²) in [6, 6.07) is 13.3. The van der Waals surface area contributed by atoms with E-state index in [0.717, 1.165) is 5.56 Å². The van der Waals surface area contributed by atoms with Crippen molar-refractivity contribution < 1.29 is 19.1 Å². The smallest absolute Gasteiger partial charge is 0.308 e. The fourth-order valence-corrected chi connectivity index (χ4v) is 2.20. The molecule has 0 bridgehead atoms. The van der Waals surface area contributed by atoms with E-state index in [-0.39, 0.29) is 22.5 Å². The molecule has 0 amide bonds. The van der Waals surface area contributed by atoms with E-state index >= 15 is 0 Å². The lowest BCUT2D eigenvalue weighted by Gasteiger charge is -2.08. The van der Waals surface area contributed by atoms with Crippen molar-refractivity contribution in [2.24, 2.45) is 0 Å². The number of benzene rings is 2. The van der Waals surface area contributed by atoms with Crippen LogP contribution in [0.15, 0.2) is 57.7 Å². The Balaban J connectivity index is 2.27. The minimum Gasteiger partial charge on any atom is -0.504 e. The predicted molar refractivity (Wildman–Crippen MR) is 80.9 cm³/mol. The van der Waals surface area contributed by atoms with Gasteiger partial charge in [-0.1, -0.05) is 30.3 Å². The number of phenolic OH excluding ortho intramolecular Hbond substituents is 1. The highest BCUT2D eigenvalue weighted by Gasteiger charge is 2.16. The molecule has 0 aliphatic heterocycles. The van der Waals surface area contributed by atoms with E-state index in [1.54, 1.807) is 0 Å². The minimum absolute atomic E-state index is 0.0369. The summed E-state index contributed by atoms with van der Waals surface area (Å²) in [7, 11) is 0. The Morgan fingerprint density at radius 1 is 1.14 bits per heavy atom. The number of carbonyl (C=O) groups is 1. The molecule has 0 saturated carbocycles. The molecule has 3 rings (SSSR count). The van der Waals surface area contributed by atoms with Crippen LogP contribution in [0.1, 0.15) is 6.92 Å². The molecule has 5 nitrogen and oxygen atoms in total. The Kier molecular flexibility index (Phi) is 3.39. The summed E-state index contributed by atoms with van der Waals surface area (Å²) in [5.74, 6) is -0.701. The second-order valence-electron chi connectivity index (χ2n) is 4.72. The fourth-order valence-electron chi connectivity index (χ4n) is 2.20. The molecule has 1 heterocycles. The molecule has 0 spiro atoms. The largest absolute Gasteiger partial charge is 0.504 e. The van der Waals surface area contributed by atoms with Crippen molar-refractivity contribution in [1.29, 1.82) is 0 Å². The van der Waals surface area contributed by atoms with E-state index in [4.69, 9.17) is 9.15 Å². The lowest BCUT2D eigenvalue weighted by atomic mass is 10.1. The first-order chi connectivity index (χ1) is 10.6. The van der Waals surface area contributed by atoms with Gasteiger partial charge in [0.05, 0.1) is 0 Å². The molecule has 0 saturated heterocycles. The van der Waals surface area contributed by atoms with Crippen LogP contribution in [0.3, 0.4) is 0 Å². The molecule has 1 aromatic heterocycles. The van der Waals surface area contributed by atoms with Crippen LogP contribution in [0.5, 0.6) is 11.5 Å². The highest BCUT2D eigenvalue weighted by atomic mass is 16.5. The average Bonchev–Trinajstić information content (AvgIpc) is 2.50. The van der Waals surface area contributed by atoms with E-state index < -0.39 is 11.4 Å². The van der Waals surface area contributed by atoms with Crippen LogP contribution in [-0.4, -0.2) is 11.1 Å². The van der Waals surface area contributed by atoms with E-state index in [2.05, 4.69) is 0 Å². The topological polar surface area (TPSA) is 76.7 Å². The number of ether oxygens (including phenoxy) is 1. The molecule has 5 heteroatoms. The maximum absolute atomic E-state index is 12.4. The van der Waals surface area contributed by atoms with Gasteiger partial charge in [-0.15, -0.1) is 0 Å². The molecule has 3 aromatic rings. The molecule has 0 aliphatic rings. The van der Waals surface area contributed by atoms with E-state index in [1.807, 2.05) is 30.3 Å². The lowest BCUT2D eigenvalue weighted by Crippen LogP contribution is -2.07. The number of esters is 1. The van der Waals surface area contributed by atoms with Crippen molar-refractivity contribution in [1.82, 2.24) is 0 Å². The number of fused-ring (bicyclic) bond motifs is 1. The molecule has 0 atom stereocenters. The zero-order valence-electron chi connectivity index (χ0n) is 11.7. The van der Waals surface area contributed by atoms with Crippen LogP contribution in [0.25, 0.3) is 22.3 Å². The fraction of sp³-hybridized carbons (Fsp3) is 0.0588. The number of carbonyl (C=O) groups excluding carboxylic acids is 1. The van der Waals surface area contributed by atoms with Gasteiger partial charge in [0.1, 0.15) is 16.7 Å². The molecule has 22 heavy (non-hydrogen) atoms. The third kappa shape index (κ3) is 2.44. The monoisotopic (exact) mass is 296 g/mol. The predicted octanol–water partition coefficient (Wildman–Crippen LogP) is 3.09. The van der Waals surface area contributed by atoms with Gasteiger partial charge in [-0.3, -0.25) is 9.59 Å². The Morgan fingerprint density at radius 2 is 1.86 bits per heavy atom. The first kappa shape index (κ1) is 13.9. The number of hydrogen-bond donors (Lipinski definition) is 1. The molecular formula is C17H12O5. The summed E-state index contributed by atoms with van der Waals surface area (Å²) in [6.07, 6.45) is 0. The zero-order valence-corrected chi connectivity index (χ0v) is 11.7. The van der Waals surface area contributed by atoms with E-state index in [0.29, 0.717) is 5.76 Å². The first-order valence-electron chi connectivity index (χ1n) is 6.60. The van der Waals surface area contributed by atoms with Gasteiger partial charge < -0.3 is 14.3 Å². The highest BCUT2D eigenvalue weighted by Crippen LogP contribution is 2.34. The van der Waals surface area contributed by atoms with E-state index in [1.165, 1.54) is 25.1 Å². The third-order valence-corrected chi connectivity index (χ3v) is 3.13. The third-order valence-electron chi connectivity index (χ3n) is 3.13. The van der Waals surface area contributed by atoms with Crippen LogP contribution < -0.4 is 10.2 Å². The van der Waals surface area contributed by atoms with Gasteiger partial charge in [-0.05, 0) is 12.1 Å². The normalized spacial score (nSPS) is 10.6. The maximum atomic E-state index is 12.4. The van der Waals surface area contributed by atoms with Gasteiger partial charge in [0.25, 0.3) is 0 Å². The van der Waals surface area contributed by atoms with Crippen molar-refractivity contribution in [3.63, 3.8) is 0 Å². The van der Waals surface area contributed by atoms with Crippen LogP contribution in [0.4, 0.5) is 0 Å². The van der Waals surface area contributed by atoms with Gasteiger partial charge >= 0.3 is 5.97 Å². The number of phenols is 1. The van der Waals surface area contributed by atoms with Crippen molar-refractivity contribution in [3.8, 4) is 22.8 Å². The Hall–Kier alpha value is -3.08. The Morgan fingerprint density at radius 3 is 2.55 bits per heavy atom. The molecule has 0 aliphatic carbocycles. The van der Waals surface area contributed by atoms with Crippen LogP contribution in [0.2, 0.25) is 0 Å². The first-order valence-corrected chi connectivity index (χ1v) is 6.60. The second-order valence-corrected chi connectivity index (χ2v) is 4.72. The van der Waals surface area contributed by atoms with Gasteiger partial charge in [-0.2, -0.15) is 0 Å². The van der Waals surface area contributed by atoms with Crippen LogP contribution in [0, 0.1) is 0 Å². The standard InChI is InChI=1S/C17H12O5/c1-10(18)21-17-12(19)7-8-14-16(17)13(20)9-15(22-14)11-5-3-2-4-6-11/h2-9,19H,1H3. The van der Waals surface area contributed by atoms with Gasteiger partial charge in [-0.25, -0.2) is 0 Å². The van der Waals surface area contributed by atoms with Gasteiger partial charge in [0.2, 0.25) is 0 Å². The van der Waals surface area contributed by atoms with Crippen molar-refractivity contribution in [2.45, 2.75) is 6.92 Å². The summed E-state index contributed by atoms with van der Waals surface area (Å²) in [5, 5.41) is 9.85. The van der Waals surface area contributed by atoms with Crippen LogP contribution >= 0.6 is 0 Å².